The van der Waals surface area contributed by atoms with Crippen molar-refractivity contribution in [2.75, 3.05) is 19.6 Å². The zero-order valence-corrected chi connectivity index (χ0v) is 21.6. The standard InChI is InChI=1S/C29H30FNO3.C2H6/c1-3-12-31-16-20(17-31)13-19-4-6-22(7-5-19)29-27(21-8-10-23(32)11-9-21)18(2)28-25(30)14-24(33)15-26(28)34-29;1-2/h4-11,14-15,20,29,32-33H,3,12-13,16-17H2,1-2H3;1-2H3. The SMILES string of the molecule is CC.CCCN1CC(Cc2ccc(C3Oc4cc(O)cc(F)c4C(C)=C3c3ccc(O)cc3)cc2)C1. The third-order valence-corrected chi connectivity index (χ3v) is 6.88. The molecule has 2 N–H and O–H groups in total. The lowest BCUT2D eigenvalue weighted by atomic mass is 9.85. The van der Waals surface area contributed by atoms with Gasteiger partial charge in [0, 0.05) is 30.8 Å². The summed E-state index contributed by atoms with van der Waals surface area (Å²) in [4.78, 5) is 2.50. The van der Waals surface area contributed by atoms with E-state index in [4.69, 9.17) is 4.74 Å². The molecule has 4 nitrogen and oxygen atoms in total. The van der Waals surface area contributed by atoms with E-state index in [2.05, 4.69) is 36.1 Å². The van der Waals surface area contributed by atoms with E-state index in [1.807, 2.05) is 32.9 Å². The molecule has 2 aliphatic rings. The van der Waals surface area contributed by atoms with Crippen molar-refractivity contribution in [3.8, 4) is 17.2 Å². The highest BCUT2D eigenvalue weighted by Crippen LogP contribution is 2.48. The number of hydrogen-bond acceptors (Lipinski definition) is 4. The van der Waals surface area contributed by atoms with Crippen LogP contribution in [0.5, 0.6) is 17.2 Å². The first-order chi connectivity index (χ1) is 17.4. The van der Waals surface area contributed by atoms with E-state index in [9.17, 15) is 14.6 Å². The van der Waals surface area contributed by atoms with Gasteiger partial charge in [-0.15, -0.1) is 0 Å². The smallest absolute Gasteiger partial charge is 0.150 e. The largest absolute Gasteiger partial charge is 0.508 e. The normalized spacial score (nSPS) is 17.5. The Bertz CT molecular complexity index is 1210. The summed E-state index contributed by atoms with van der Waals surface area (Å²) in [7, 11) is 0. The highest BCUT2D eigenvalue weighted by atomic mass is 19.1. The van der Waals surface area contributed by atoms with Crippen molar-refractivity contribution in [2.45, 2.75) is 46.6 Å². The zero-order valence-electron chi connectivity index (χ0n) is 21.6. The third-order valence-electron chi connectivity index (χ3n) is 6.88. The van der Waals surface area contributed by atoms with Crippen molar-refractivity contribution >= 4 is 11.1 Å². The third kappa shape index (κ3) is 5.26. The topological polar surface area (TPSA) is 52.9 Å². The second-order valence-electron chi connectivity index (χ2n) is 9.46. The summed E-state index contributed by atoms with van der Waals surface area (Å²) in [6.07, 6.45) is 1.80. The van der Waals surface area contributed by atoms with Crippen LogP contribution < -0.4 is 4.74 Å². The quantitative estimate of drug-likeness (QED) is 0.384. The zero-order chi connectivity index (χ0) is 25.8. The van der Waals surface area contributed by atoms with Gasteiger partial charge in [0.1, 0.15) is 29.2 Å². The van der Waals surface area contributed by atoms with Crippen LogP contribution in [0.1, 0.15) is 62.5 Å². The molecule has 0 bridgehead atoms. The summed E-state index contributed by atoms with van der Waals surface area (Å²) in [5.41, 5.74) is 5.07. The first-order valence-electron chi connectivity index (χ1n) is 12.9. The van der Waals surface area contributed by atoms with Crippen molar-refractivity contribution in [1.82, 2.24) is 4.90 Å². The molecule has 3 aromatic carbocycles. The van der Waals surface area contributed by atoms with E-state index in [0.717, 1.165) is 34.8 Å². The van der Waals surface area contributed by atoms with Crippen molar-refractivity contribution < 1.29 is 19.3 Å². The molecule has 1 fully saturated rings. The summed E-state index contributed by atoms with van der Waals surface area (Å²) in [6.45, 7) is 11.6. The van der Waals surface area contributed by atoms with Gasteiger partial charge in [0.25, 0.3) is 0 Å². The Morgan fingerprint density at radius 1 is 0.944 bits per heavy atom. The summed E-state index contributed by atoms with van der Waals surface area (Å²) >= 11 is 0. The average molecular weight is 490 g/mol. The number of rotatable bonds is 6. The van der Waals surface area contributed by atoms with Crippen LogP contribution in [-0.2, 0) is 6.42 Å². The van der Waals surface area contributed by atoms with Gasteiger partial charge in [0.2, 0.25) is 0 Å². The van der Waals surface area contributed by atoms with E-state index in [0.29, 0.717) is 17.2 Å². The van der Waals surface area contributed by atoms with Gasteiger partial charge in [-0.25, -0.2) is 4.39 Å². The molecule has 1 atom stereocenters. The fourth-order valence-corrected chi connectivity index (χ4v) is 5.25. The monoisotopic (exact) mass is 489 g/mol. The predicted molar refractivity (Wildman–Crippen MR) is 144 cm³/mol. The Kier molecular flexibility index (Phi) is 8.00. The van der Waals surface area contributed by atoms with Crippen LogP contribution in [0, 0.1) is 11.7 Å². The molecule has 0 spiro atoms. The van der Waals surface area contributed by atoms with E-state index >= 15 is 0 Å². The molecule has 0 saturated carbocycles. The van der Waals surface area contributed by atoms with Crippen molar-refractivity contribution in [3.05, 3.63) is 88.7 Å². The number of phenols is 2. The van der Waals surface area contributed by atoms with Crippen LogP contribution in [0.4, 0.5) is 4.39 Å². The predicted octanol–water partition coefficient (Wildman–Crippen LogP) is 7.21. The molecule has 0 aromatic heterocycles. The van der Waals surface area contributed by atoms with Gasteiger partial charge in [-0.05, 0) is 66.6 Å². The first-order valence-corrected chi connectivity index (χ1v) is 12.9. The van der Waals surface area contributed by atoms with Crippen LogP contribution in [0.15, 0.2) is 60.7 Å². The van der Waals surface area contributed by atoms with Gasteiger partial charge in [-0.2, -0.15) is 0 Å². The second kappa shape index (κ2) is 11.2. The number of aromatic hydroxyl groups is 2. The van der Waals surface area contributed by atoms with Crippen LogP contribution >= 0.6 is 0 Å². The number of allylic oxidation sites excluding steroid dienone is 1. The highest BCUT2D eigenvalue weighted by Gasteiger charge is 2.32. The number of phenolic OH excluding ortho intramolecular Hbond substituents is 2. The van der Waals surface area contributed by atoms with Crippen molar-refractivity contribution in [2.24, 2.45) is 5.92 Å². The maximum atomic E-state index is 14.8. The Morgan fingerprint density at radius 3 is 2.25 bits per heavy atom. The fourth-order valence-electron chi connectivity index (χ4n) is 5.25. The Morgan fingerprint density at radius 2 is 1.61 bits per heavy atom. The molecule has 36 heavy (non-hydrogen) atoms. The van der Waals surface area contributed by atoms with Gasteiger partial charge in [0.05, 0.1) is 5.56 Å². The summed E-state index contributed by atoms with van der Waals surface area (Å²) in [5, 5.41) is 19.7. The number of nitrogens with zero attached hydrogens (tertiary/aromatic N) is 1. The Balaban J connectivity index is 0.00000148. The lowest BCUT2D eigenvalue weighted by Crippen LogP contribution is -2.47. The number of likely N-dealkylation sites (tertiary alicyclic amines) is 1. The Labute approximate surface area is 213 Å². The molecule has 5 rings (SSSR count). The summed E-state index contributed by atoms with van der Waals surface area (Å²) < 4.78 is 21.2. The van der Waals surface area contributed by atoms with Gasteiger partial charge < -0.3 is 19.8 Å². The van der Waals surface area contributed by atoms with E-state index in [1.54, 1.807) is 12.1 Å². The molecular weight excluding hydrogens is 453 g/mol. The Hall–Kier alpha value is -3.31. The van der Waals surface area contributed by atoms with Gasteiger partial charge in [-0.1, -0.05) is 57.2 Å². The molecule has 5 heteroatoms. The van der Waals surface area contributed by atoms with Crippen LogP contribution in [0.2, 0.25) is 0 Å². The molecule has 3 aromatic rings. The lowest BCUT2D eigenvalue weighted by Gasteiger charge is -2.39. The molecule has 1 saturated heterocycles. The summed E-state index contributed by atoms with van der Waals surface area (Å²) in [6, 6.07) is 17.9. The van der Waals surface area contributed by atoms with Crippen molar-refractivity contribution in [1.29, 1.82) is 0 Å². The molecule has 190 valence electrons. The highest BCUT2D eigenvalue weighted by molar-refractivity contribution is 5.95. The van der Waals surface area contributed by atoms with Crippen molar-refractivity contribution in [3.63, 3.8) is 0 Å². The molecule has 2 heterocycles. The second-order valence-corrected chi connectivity index (χ2v) is 9.46. The molecule has 2 aliphatic heterocycles. The molecule has 0 amide bonds. The minimum atomic E-state index is -0.518. The number of hydrogen-bond donors (Lipinski definition) is 2. The number of benzene rings is 3. The summed E-state index contributed by atoms with van der Waals surface area (Å²) in [5.74, 6) is 0.525. The lowest BCUT2D eigenvalue weighted by molar-refractivity contribution is 0.101. The van der Waals surface area contributed by atoms with Crippen LogP contribution in [0.3, 0.4) is 0 Å². The maximum Gasteiger partial charge on any atom is 0.150 e. The number of halogens is 1. The van der Waals surface area contributed by atoms with Gasteiger partial charge >= 0.3 is 0 Å². The van der Waals surface area contributed by atoms with E-state index < -0.39 is 11.9 Å². The van der Waals surface area contributed by atoms with Crippen LogP contribution in [0.25, 0.3) is 11.1 Å². The van der Waals surface area contributed by atoms with Gasteiger partial charge in [0.15, 0.2) is 0 Å². The van der Waals surface area contributed by atoms with E-state index in [-0.39, 0.29) is 11.5 Å². The average Bonchev–Trinajstić information content (AvgIpc) is 2.84. The number of fused-ring (bicyclic) bond motifs is 1. The molecular formula is C31H36FNO3. The molecule has 0 radical (unpaired) electrons. The number of ether oxygens (including phenoxy) is 1. The first kappa shape index (κ1) is 25.8. The fraction of sp³-hybridized carbons (Fsp3) is 0.355. The van der Waals surface area contributed by atoms with E-state index in [1.165, 1.54) is 37.7 Å². The van der Waals surface area contributed by atoms with Crippen LogP contribution in [-0.4, -0.2) is 34.7 Å². The van der Waals surface area contributed by atoms with Gasteiger partial charge in [-0.3, -0.25) is 0 Å². The molecule has 1 unspecified atom stereocenters. The molecule has 0 aliphatic carbocycles. The minimum absolute atomic E-state index is 0.163. The maximum absolute atomic E-state index is 14.8. The minimum Gasteiger partial charge on any atom is -0.508 e.